The monoisotopic (exact) mass is 319 g/mol. The molecule has 0 bridgehead atoms. The van der Waals surface area contributed by atoms with Gasteiger partial charge in [-0.15, -0.1) is 0 Å². The van der Waals surface area contributed by atoms with E-state index in [9.17, 15) is 9.59 Å². The number of aromatic nitrogens is 1. The van der Waals surface area contributed by atoms with E-state index in [0.29, 0.717) is 42.9 Å². The third kappa shape index (κ3) is 3.69. The third-order valence-electron chi connectivity index (χ3n) is 3.51. The van der Waals surface area contributed by atoms with Gasteiger partial charge in [0.1, 0.15) is 5.56 Å². The topological polar surface area (TPSA) is 95.6 Å². The average molecular weight is 319 g/mol. The first kappa shape index (κ1) is 17.0. The minimum Gasteiger partial charge on any atom is -0.398 e. The van der Waals surface area contributed by atoms with Crippen LogP contribution in [0.15, 0.2) is 29.2 Å². The zero-order valence-electron chi connectivity index (χ0n) is 13.3. The maximum absolute atomic E-state index is 12.6. The summed E-state index contributed by atoms with van der Waals surface area (Å²) >= 11 is 0. The fourth-order valence-corrected chi connectivity index (χ4v) is 2.36. The molecule has 0 spiro atoms. The van der Waals surface area contributed by atoms with Gasteiger partial charge in [-0.1, -0.05) is 6.07 Å². The maximum atomic E-state index is 12.6. The molecule has 7 nitrogen and oxygen atoms in total. The van der Waals surface area contributed by atoms with Crippen LogP contribution in [0.5, 0.6) is 0 Å². The molecule has 3 N–H and O–H groups in total. The number of nitrogens with one attached hydrogen (secondary N) is 1. The second kappa shape index (κ2) is 7.75. The molecule has 0 aliphatic rings. The van der Waals surface area contributed by atoms with Crippen molar-refractivity contribution in [2.24, 2.45) is 0 Å². The van der Waals surface area contributed by atoms with Crippen molar-refractivity contribution in [1.82, 2.24) is 9.88 Å². The lowest BCUT2D eigenvalue weighted by Crippen LogP contribution is -2.32. The smallest absolute Gasteiger partial charge is 0.256 e. The second-order valence-electron chi connectivity index (χ2n) is 5.05. The summed E-state index contributed by atoms with van der Waals surface area (Å²) in [5.41, 5.74) is 6.67. The van der Waals surface area contributed by atoms with Crippen LogP contribution in [0.2, 0.25) is 0 Å². The van der Waals surface area contributed by atoms with Crippen molar-refractivity contribution in [2.75, 3.05) is 39.7 Å². The van der Waals surface area contributed by atoms with E-state index in [1.54, 1.807) is 38.6 Å². The molecule has 0 fully saturated rings. The van der Waals surface area contributed by atoms with Gasteiger partial charge in [-0.05, 0) is 12.1 Å². The minimum atomic E-state index is -0.441. The highest BCUT2D eigenvalue weighted by atomic mass is 16.5. The lowest BCUT2D eigenvalue weighted by atomic mass is 10.1. The summed E-state index contributed by atoms with van der Waals surface area (Å²) < 4.78 is 11.8. The number of nitrogens with zero attached hydrogens (tertiary/aromatic N) is 1. The van der Waals surface area contributed by atoms with Crippen LogP contribution in [0.1, 0.15) is 10.4 Å². The predicted molar refractivity (Wildman–Crippen MR) is 88.7 cm³/mol. The van der Waals surface area contributed by atoms with E-state index in [1.807, 2.05) is 4.57 Å². The number of anilines is 1. The van der Waals surface area contributed by atoms with E-state index in [0.717, 1.165) is 0 Å². The van der Waals surface area contributed by atoms with Gasteiger partial charge in [0.15, 0.2) is 0 Å². The molecule has 2 aromatic rings. The molecule has 0 saturated carbocycles. The van der Waals surface area contributed by atoms with Gasteiger partial charge in [-0.2, -0.15) is 0 Å². The highest BCUT2D eigenvalue weighted by Gasteiger charge is 2.16. The summed E-state index contributed by atoms with van der Waals surface area (Å²) in [5, 5.41) is 3.01. The van der Waals surface area contributed by atoms with E-state index in [-0.39, 0.29) is 11.0 Å². The average Bonchev–Trinajstić information content (AvgIpc) is 2.54. The molecule has 0 saturated heterocycles. The Labute approximate surface area is 134 Å². The molecule has 1 aromatic heterocycles. The lowest BCUT2D eigenvalue weighted by molar-refractivity contribution is 0.0935. The molecular formula is C16H21N3O4. The number of hydrogen-bond donors (Lipinski definition) is 2. The van der Waals surface area contributed by atoms with Crippen LogP contribution in [-0.2, 0) is 16.0 Å². The van der Waals surface area contributed by atoms with Crippen LogP contribution >= 0.6 is 0 Å². The molecule has 1 aromatic carbocycles. The standard InChI is InChI=1S/C16H21N3O4/c1-22-8-6-18-16(21)11-10-19(7-9-23-2)13-5-3-4-12(17)14(13)15(11)20/h3-5,10H,6-9,17H2,1-2H3,(H,18,21). The van der Waals surface area contributed by atoms with Crippen LogP contribution in [0.3, 0.4) is 0 Å². The Morgan fingerprint density at radius 1 is 1.26 bits per heavy atom. The van der Waals surface area contributed by atoms with E-state index in [2.05, 4.69) is 5.32 Å². The molecule has 0 aliphatic heterocycles. The van der Waals surface area contributed by atoms with Crippen molar-refractivity contribution in [2.45, 2.75) is 6.54 Å². The maximum Gasteiger partial charge on any atom is 0.256 e. The highest BCUT2D eigenvalue weighted by Crippen LogP contribution is 2.18. The summed E-state index contributed by atoms with van der Waals surface area (Å²) in [4.78, 5) is 24.9. The Hall–Kier alpha value is -2.38. The molecule has 0 atom stereocenters. The first-order valence-electron chi connectivity index (χ1n) is 7.28. The summed E-state index contributed by atoms with van der Waals surface area (Å²) in [5.74, 6) is -0.441. The van der Waals surface area contributed by atoms with Crippen LogP contribution in [0.25, 0.3) is 10.9 Å². The predicted octanol–water partition coefficient (Wildman–Crippen LogP) is 0.606. The largest absolute Gasteiger partial charge is 0.398 e. The Balaban J connectivity index is 2.52. The molecule has 23 heavy (non-hydrogen) atoms. The van der Waals surface area contributed by atoms with Crippen LogP contribution in [-0.4, -0.2) is 44.5 Å². The van der Waals surface area contributed by atoms with Gasteiger partial charge in [0.05, 0.1) is 24.1 Å². The number of rotatable bonds is 7. The molecule has 0 unspecified atom stereocenters. The number of fused-ring (bicyclic) bond motifs is 1. The van der Waals surface area contributed by atoms with Crippen molar-refractivity contribution in [3.05, 3.63) is 40.2 Å². The van der Waals surface area contributed by atoms with Crippen LogP contribution < -0.4 is 16.5 Å². The fraction of sp³-hybridized carbons (Fsp3) is 0.375. The number of pyridine rings is 1. The molecule has 1 heterocycles. The minimum absolute atomic E-state index is 0.0580. The van der Waals surface area contributed by atoms with Crippen LogP contribution in [0.4, 0.5) is 5.69 Å². The normalized spacial score (nSPS) is 10.9. The van der Waals surface area contributed by atoms with E-state index in [4.69, 9.17) is 15.2 Å². The molecule has 2 rings (SSSR count). The molecular weight excluding hydrogens is 298 g/mol. The van der Waals surface area contributed by atoms with Crippen molar-refractivity contribution in [1.29, 1.82) is 0 Å². The number of benzene rings is 1. The molecule has 0 aliphatic carbocycles. The van der Waals surface area contributed by atoms with Crippen molar-refractivity contribution < 1.29 is 14.3 Å². The molecule has 7 heteroatoms. The number of ether oxygens (including phenoxy) is 2. The Morgan fingerprint density at radius 2 is 2.00 bits per heavy atom. The summed E-state index contributed by atoms with van der Waals surface area (Å²) in [6.07, 6.45) is 1.55. The van der Waals surface area contributed by atoms with Crippen molar-refractivity contribution in [3.63, 3.8) is 0 Å². The van der Waals surface area contributed by atoms with E-state index >= 15 is 0 Å². The molecule has 0 radical (unpaired) electrons. The number of carbonyl (C=O) groups excluding carboxylic acids is 1. The third-order valence-corrected chi connectivity index (χ3v) is 3.51. The first-order valence-corrected chi connectivity index (χ1v) is 7.28. The van der Waals surface area contributed by atoms with Gasteiger partial charge in [0, 0.05) is 39.2 Å². The van der Waals surface area contributed by atoms with Gasteiger partial charge in [-0.3, -0.25) is 9.59 Å². The van der Waals surface area contributed by atoms with Gasteiger partial charge in [-0.25, -0.2) is 0 Å². The molecule has 1 amide bonds. The van der Waals surface area contributed by atoms with Gasteiger partial charge in [0.2, 0.25) is 5.43 Å². The number of carbonyl (C=O) groups is 1. The second-order valence-corrected chi connectivity index (χ2v) is 5.05. The number of nitrogen functional groups attached to an aromatic ring is 1. The lowest BCUT2D eigenvalue weighted by Gasteiger charge is -2.14. The SMILES string of the molecule is COCCNC(=O)c1cn(CCOC)c2cccc(N)c2c1=O. The zero-order chi connectivity index (χ0) is 16.8. The van der Waals surface area contributed by atoms with Crippen LogP contribution in [0, 0.1) is 0 Å². The van der Waals surface area contributed by atoms with Gasteiger partial charge in [0.25, 0.3) is 5.91 Å². The Bertz CT molecular complexity index is 755. The first-order chi connectivity index (χ1) is 11.1. The molecule has 124 valence electrons. The number of methoxy groups -OCH3 is 2. The summed E-state index contributed by atoms with van der Waals surface area (Å²) in [7, 11) is 3.14. The number of hydrogen-bond acceptors (Lipinski definition) is 5. The van der Waals surface area contributed by atoms with Gasteiger partial charge >= 0.3 is 0 Å². The number of nitrogens with two attached hydrogens (primary N) is 1. The van der Waals surface area contributed by atoms with Gasteiger partial charge < -0.3 is 25.1 Å². The Morgan fingerprint density at radius 3 is 2.70 bits per heavy atom. The quantitative estimate of drug-likeness (QED) is 0.576. The Kier molecular flexibility index (Phi) is 5.72. The summed E-state index contributed by atoms with van der Waals surface area (Å²) in [6.45, 7) is 1.67. The van der Waals surface area contributed by atoms with Crippen molar-refractivity contribution in [3.8, 4) is 0 Å². The van der Waals surface area contributed by atoms with Crippen molar-refractivity contribution >= 4 is 22.5 Å². The van der Waals surface area contributed by atoms with E-state index in [1.165, 1.54) is 0 Å². The highest BCUT2D eigenvalue weighted by molar-refractivity contribution is 6.00. The summed E-state index contributed by atoms with van der Waals surface area (Å²) in [6, 6.07) is 5.23. The zero-order valence-corrected chi connectivity index (χ0v) is 13.3. The fourth-order valence-electron chi connectivity index (χ4n) is 2.36. The van der Waals surface area contributed by atoms with E-state index < -0.39 is 5.91 Å². The number of amides is 1.